The van der Waals surface area contributed by atoms with Crippen molar-refractivity contribution in [2.75, 3.05) is 11.9 Å². The topological polar surface area (TPSA) is 24.9 Å². The fraction of sp³-hybridized carbons (Fsp3) is 0.125. The Labute approximate surface area is 84.8 Å². The van der Waals surface area contributed by atoms with E-state index in [9.17, 15) is 0 Å². The molecule has 0 amide bonds. The van der Waals surface area contributed by atoms with Gasteiger partial charge in [-0.2, -0.15) is 0 Å². The van der Waals surface area contributed by atoms with Gasteiger partial charge in [0.05, 0.1) is 5.02 Å². The monoisotopic (exact) mass is 246 g/mol. The highest BCUT2D eigenvalue weighted by Gasteiger charge is 1.92. The number of nitrogens with zero attached hydrogens (tertiary/aromatic N) is 1. The van der Waals surface area contributed by atoms with Crippen LogP contribution in [0.15, 0.2) is 29.4 Å². The van der Waals surface area contributed by atoms with Crippen LogP contribution in [0.3, 0.4) is 0 Å². The van der Waals surface area contributed by atoms with Crippen LogP contribution in [-0.2, 0) is 0 Å². The molecule has 64 valence electrons. The molecule has 2 nitrogen and oxygen atoms in total. The first-order chi connectivity index (χ1) is 5.68. The maximum absolute atomic E-state index is 5.66. The van der Waals surface area contributed by atoms with Crippen molar-refractivity contribution < 1.29 is 0 Å². The lowest BCUT2D eigenvalue weighted by molar-refractivity contribution is 1.22. The van der Waals surface area contributed by atoms with Gasteiger partial charge in [-0.1, -0.05) is 34.1 Å². The van der Waals surface area contributed by atoms with Crippen molar-refractivity contribution in [2.24, 2.45) is 0 Å². The summed E-state index contributed by atoms with van der Waals surface area (Å²) in [5.74, 6) is 0.792. The van der Waals surface area contributed by atoms with Crippen molar-refractivity contribution >= 4 is 33.3 Å². The van der Waals surface area contributed by atoms with E-state index < -0.39 is 0 Å². The quantitative estimate of drug-likeness (QED) is 0.888. The van der Waals surface area contributed by atoms with Gasteiger partial charge in [0, 0.05) is 17.2 Å². The second kappa shape index (κ2) is 4.48. The van der Waals surface area contributed by atoms with E-state index in [-0.39, 0.29) is 0 Å². The van der Waals surface area contributed by atoms with Crippen molar-refractivity contribution in [3.8, 4) is 0 Å². The molecule has 4 heteroatoms. The fourth-order valence-electron chi connectivity index (χ4n) is 0.667. The predicted molar refractivity (Wildman–Crippen MR) is 55.8 cm³/mol. The third-order valence-corrected chi connectivity index (χ3v) is 1.69. The molecular formula is C8H8BrClN2. The summed E-state index contributed by atoms with van der Waals surface area (Å²) in [6.45, 7) is 4.35. The summed E-state index contributed by atoms with van der Waals surface area (Å²) < 4.78 is 0.888. The van der Waals surface area contributed by atoms with Crippen molar-refractivity contribution in [2.45, 2.75) is 0 Å². The average molecular weight is 248 g/mol. The highest BCUT2D eigenvalue weighted by molar-refractivity contribution is 9.11. The molecule has 0 bridgehead atoms. The highest BCUT2D eigenvalue weighted by Crippen LogP contribution is 2.10. The van der Waals surface area contributed by atoms with Gasteiger partial charge in [0.2, 0.25) is 0 Å². The highest BCUT2D eigenvalue weighted by atomic mass is 79.9. The van der Waals surface area contributed by atoms with Gasteiger partial charge < -0.3 is 5.32 Å². The Morgan fingerprint density at radius 3 is 2.92 bits per heavy atom. The molecule has 0 saturated carbocycles. The average Bonchev–Trinajstić information content (AvgIpc) is 2.03. The first-order valence-corrected chi connectivity index (χ1v) is 4.54. The molecule has 0 saturated heterocycles. The minimum atomic E-state index is 0.637. The van der Waals surface area contributed by atoms with Crippen molar-refractivity contribution in [1.82, 2.24) is 4.98 Å². The summed E-state index contributed by atoms with van der Waals surface area (Å²) >= 11 is 8.89. The minimum Gasteiger partial charge on any atom is -0.365 e. The largest absolute Gasteiger partial charge is 0.365 e. The van der Waals surface area contributed by atoms with E-state index in [1.807, 2.05) is 6.07 Å². The zero-order chi connectivity index (χ0) is 8.97. The van der Waals surface area contributed by atoms with Gasteiger partial charge in [-0.3, -0.25) is 0 Å². The third-order valence-electron chi connectivity index (χ3n) is 1.19. The predicted octanol–water partition coefficient (Wildman–Crippen LogP) is 3.06. The zero-order valence-corrected chi connectivity index (χ0v) is 8.69. The van der Waals surface area contributed by atoms with Crippen LogP contribution < -0.4 is 5.32 Å². The Hall–Kier alpha value is -0.540. The van der Waals surface area contributed by atoms with Gasteiger partial charge in [0.1, 0.15) is 5.82 Å². The molecule has 0 spiro atoms. The van der Waals surface area contributed by atoms with E-state index in [4.69, 9.17) is 11.6 Å². The SMILES string of the molecule is C=C(Br)CNc1ccc(Cl)cn1. The number of pyridine rings is 1. The number of nitrogens with one attached hydrogen (secondary N) is 1. The molecule has 0 aliphatic rings. The molecule has 0 radical (unpaired) electrons. The molecule has 12 heavy (non-hydrogen) atoms. The molecule has 1 aromatic heterocycles. The molecule has 0 aliphatic carbocycles. The zero-order valence-electron chi connectivity index (χ0n) is 6.35. The summed E-state index contributed by atoms with van der Waals surface area (Å²) in [6.07, 6.45) is 1.60. The maximum Gasteiger partial charge on any atom is 0.126 e. The molecule has 0 fully saturated rings. The Bertz CT molecular complexity index is 271. The third kappa shape index (κ3) is 3.24. The molecule has 0 aliphatic heterocycles. The number of hydrogen-bond acceptors (Lipinski definition) is 2. The van der Waals surface area contributed by atoms with Gasteiger partial charge in [-0.25, -0.2) is 4.98 Å². The van der Waals surface area contributed by atoms with E-state index in [0.717, 1.165) is 10.3 Å². The molecule has 1 aromatic rings. The lowest BCUT2D eigenvalue weighted by atomic mass is 10.4. The molecule has 0 aromatic carbocycles. The maximum atomic E-state index is 5.66. The van der Waals surface area contributed by atoms with Gasteiger partial charge in [0.25, 0.3) is 0 Å². The standard InChI is InChI=1S/C8H8BrClN2/c1-6(9)4-11-8-3-2-7(10)5-12-8/h2-3,5H,1,4H2,(H,11,12). The summed E-state index contributed by atoms with van der Waals surface area (Å²) in [5, 5.41) is 3.69. The van der Waals surface area contributed by atoms with Crippen LogP contribution in [0.25, 0.3) is 0 Å². The molecular weight excluding hydrogens is 239 g/mol. The lowest BCUT2D eigenvalue weighted by Crippen LogP contribution is -2.01. The molecule has 0 unspecified atom stereocenters. The van der Waals surface area contributed by atoms with E-state index in [0.29, 0.717) is 11.6 Å². The number of hydrogen-bond donors (Lipinski definition) is 1. The van der Waals surface area contributed by atoms with Gasteiger partial charge >= 0.3 is 0 Å². The van der Waals surface area contributed by atoms with E-state index in [1.165, 1.54) is 0 Å². The Morgan fingerprint density at radius 1 is 1.67 bits per heavy atom. The van der Waals surface area contributed by atoms with Gasteiger partial charge in [-0.15, -0.1) is 0 Å². The lowest BCUT2D eigenvalue weighted by Gasteiger charge is -2.02. The second-order valence-corrected chi connectivity index (χ2v) is 3.79. The number of rotatable bonds is 3. The van der Waals surface area contributed by atoms with Crippen molar-refractivity contribution in [3.05, 3.63) is 34.4 Å². The minimum absolute atomic E-state index is 0.637. The van der Waals surface area contributed by atoms with E-state index in [1.54, 1.807) is 12.3 Å². The number of halogens is 2. The summed E-state index contributed by atoms with van der Waals surface area (Å²) in [6, 6.07) is 3.60. The summed E-state index contributed by atoms with van der Waals surface area (Å²) in [7, 11) is 0. The van der Waals surface area contributed by atoms with Crippen molar-refractivity contribution in [1.29, 1.82) is 0 Å². The van der Waals surface area contributed by atoms with E-state index in [2.05, 4.69) is 32.8 Å². The fourth-order valence-corrected chi connectivity index (χ4v) is 0.919. The Balaban J connectivity index is 2.53. The number of aromatic nitrogens is 1. The first-order valence-electron chi connectivity index (χ1n) is 3.37. The van der Waals surface area contributed by atoms with Crippen LogP contribution in [0.4, 0.5) is 5.82 Å². The van der Waals surface area contributed by atoms with Crippen LogP contribution in [-0.4, -0.2) is 11.5 Å². The summed E-state index contributed by atoms with van der Waals surface area (Å²) in [5.41, 5.74) is 0. The van der Waals surface area contributed by atoms with Crippen LogP contribution in [0.5, 0.6) is 0 Å². The van der Waals surface area contributed by atoms with Gasteiger partial charge in [-0.05, 0) is 12.1 Å². The Morgan fingerprint density at radius 2 is 2.42 bits per heavy atom. The molecule has 1 heterocycles. The molecule has 0 atom stereocenters. The number of anilines is 1. The smallest absolute Gasteiger partial charge is 0.126 e. The van der Waals surface area contributed by atoms with Crippen LogP contribution >= 0.6 is 27.5 Å². The summed E-state index contributed by atoms with van der Waals surface area (Å²) in [4.78, 5) is 4.05. The van der Waals surface area contributed by atoms with Crippen LogP contribution in [0.1, 0.15) is 0 Å². The van der Waals surface area contributed by atoms with Crippen LogP contribution in [0, 0.1) is 0 Å². The Kier molecular flexibility index (Phi) is 3.56. The normalized spacial score (nSPS) is 9.50. The molecule has 1 N–H and O–H groups in total. The van der Waals surface area contributed by atoms with Crippen LogP contribution in [0.2, 0.25) is 5.02 Å². The van der Waals surface area contributed by atoms with Crippen molar-refractivity contribution in [3.63, 3.8) is 0 Å². The second-order valence-electron chi connectivity index (χ2n) is 2.23. The van der Waals surface area contributed by atoms with E-state index >= 15 is 0 Å². The first kappa shape index (κ1) is 9.55. The molecule has 1 rings (SSSR count). The van der Waals surface area contributed by atoms with Gasteiger partial charge in [0.15, 0.2) is 0 Å².